The molecule has 2 aromatic rings. The molecule has 0 unspecified atom stereocenters. The van der Waals surface area contributed by atoms with Crippen LogP contribution < -0.4 is 11.1 Å². The SMILES string of the molecule is CC(C)n1cc(NC(=O)c2cccc(N)c2Br)cn1. The van der Waals surface area contributed by atoms with E-state index in [1.54, 1.807) is 35.3 Å². The number of halogens is 1. The maximum atomic E-state index is 12.1. The maximum Gasteiger partial charge on any atom is 0.256 e. The van der Waals surface area contributed by atoms with Crippen molar-refractivity contribution >= 4 is 33.2 Å². The smallest absolute Gasteiger partial charge is 0.256 e. The number of nitrogens with one attached hydrogen (secondary N) is 1. The average molecular weight is 323 g/mol. The van der Waals surface area contributed by atoms with Crippen LogP contribution >= 0.6 is 15.9 Å². The van der Waals surface area contributed by atoms with Gasteiger partial charge in [0.05, 0.1) is 21.9 Å². The molecule has 5 nitrogen and oxygen atoms in total. The number of carbonyl (C=O) groups is 1. The van der Waals surface area contributed by atoms with Crippen LogP contribution in [0.15, 0.2) is 35.1 Å². The highest BCUT2D eigenvalue weighted by Crippen LogP contribution is 2.24. The predicted octanol–water partition coefficient (Wildman–Crippen LogP) is 3.06. The van der Waals surface area contributed by atoms with E-state index in [-0.39, 0.29) is 11.9 Å². The van der Waals surface area contributed by atoms with Crippen molar-refractivity contribution < 1.29 is 4.79 Å². The summed E-state index contributed by atoms with van der Waals surface area (Å²) >= 11 is 3.32. The van der Waals surface area contributed by atoms with E-state index in [2.05, 4.69) is 26.3 Å². The fraction of sp³-hybridized carbons (Fsp3) is 0.231. The Labute approximate surface area is 119 Å². The van der Waals surface area contributed by atoms with Gasteiger partial charge in [-0.15, -0.1) is 0 Å². The Morgan fingerprint density at radius 2 is 2.21 bits per heavy atom. The summed E-state index contributed by atoms with van der Waals surface area (Å²) < 4.78 is 2.38. The molecule has 0 atom stereocenters. The minimum Gasteiger partial charge on any atom is -0.398 e. The van der Waals surface area contributed by atoms with Gasteiger partial charge in [-0.05, 0) is 41.9 Å². The first-order valence-electron chi connectivity index (χ1n) is 5.88. The van der Waals surface area contributed by atoms with Crippen LogP contribution in [0, 0.1) is 0 Å². The summed E-state index contributed by atoms with van der Waals surface area (Å²) in [5.74, 6) is -0.220. The maximum absolute atomic E-state index is 12.1. The highest BCUT2D eigenvalue weighted by atomic mass is 79.9. The quantitative estimate of drug-likeness (QED) is 0.853. The molecular formula is C13H15BrN4O. The van der Waals surface area contributed by atoms with Gasteiger partial charge < -0.3 is 11.1 Å². The number of benzene rings is 1. The van der Waals surface area contributed by atoms with Gasteiger partial charge in [-0.25, -0.2) is 0 Å². The molecule has 0 radical (unpaired) electrons. The molecule has 0 saturated heterocycles. The lowest BCUT2D eigenvalue weighted by Crippen LogP contribution is -2.12. The van der Waals surface area contributed by atoms with E-state index in [1.807, 2.05) is 13.8 Å². The zero-order valence-electron chi connectivity index (χ0n) is 10.7. The second-order valence-electron chi connectivity index (χ2n) is 4.47. The van der Waals surface area contributed by atoms with Crippen LogP contribution in [-0.2, 0) is 0 Å². The monoisotopic (exact) mass is 322 g/mol. The zero-order valence-corrected chi connectivity index (χ0v) is 12.3. The summed E-state index contributed by atoms with van der Waals surface area (Å²) in [4.78, 5) is 12.1. The molecule has 3 N–H and O–H groups in total. The standard InChI is InChI=1S/C13H15BrN4O/c1-8(2)18-7-9(6-16-18)17-13(19)10-4-3-5-11(15)12(10)14/h3-8H,15H2,1-2H3,(H,17,19). The summed E-state index contributed by atoms with van der Waals surface area (Å²) in [6.45, 7) is 4.04. The number of amides is 1. The molecule has 2 rings (SSSR count). The lowest BCUT2D eigenvalue weighted by molar-refractivity contribution is 0.102. The summed E-state index contributed by atoms with van der Waals surface area (Å²) in [5, 5.41) is 6.96. The summed E-state index contributed by atoms with van der Waals surface area (Å²) in [6, 6.07) is 5.44. The van der Waals surface area contributed by atoms with Crippen molar-refractivity contribution in [2.24, 2.45) is 0 Å². The van der Waals surface area contributed by atoms with Crippen molar-refractivity contribution in [3.63, 3.8) is 0 Å². The highest BCUT2D eigenvalue weighted by Gasteiger charge is 2.13. The lowest BCUT2D eigenvalue weighted by atomic mass is 10.2. The minimum atomic E-state index is -0.220. The Kier molecular flexibility index (Phi) is 3.90. The van der Waals surface area contributed by atoms with Crippen LogP contribution in [0.3, 0.4) is 0 Å². The van der Waals surface area contributed by atoms with Crippen molar-refractivity contribution in [3.8, 4) is 0 Å². The number of hydrogen-bond acceptors (Lipinski definition) is 3. The Balaban J connectivity index is 2.18. The number of anilines is 2. The first kappa shape index (κ1) is 13.6. The normalized spacial score (nSPS) is 10.7. The van der Waals surface area contributed by atoms with Gasteiger partial charge in [0.15, 0.2) is 0 Å². The van der Waals surface area contributed by atoms with Crippen LogP contribution in [-0.4, -0.2) is 15.7 Å². The molecule has 1 amide bonds. The van der Waals surface area contributed by atoms with Crippen molar-refractivity contribution in [1.82, 2.24) is 9.78 Å². The van der Waals surface area contributed by atoms with E-state index in [0.717, 1.165) is 0 Å². The van der Waals surface area contributed by atoms with Gasteiger partial charge in [-0.3, -0.25) is 9.48 Å². The van der Waals surface area contributed by atoms with E-state index in [0.29, 0.717) is 21.4 Å². The number of nitrogens with two attached hydrogens (primary N) is 1. The van der Waals surface area contributed by atoms with E-state index in [1.165, 1.54) is 0 Å². The van der Waals surface area contributed by atoms with E-state index < -0.39 is 0 Å². The van der Waals surface area contributed by atoms with Crippen molar-refractivity contribution in [2.75, 3.05) is 11.1 Å². The van der Waals surface area contributed by atoms with Gasteiger partial charge in [-0.1, -0.05) is 6.07 Å². The Morgan fingerprint density at radius 3 is 2.84 bits per heavy atom. The summed E-state index contributed by atoms with van der Waals surface area (Å²) in [5.41, 5.74) is 7.44. The lowest BCUT2D eigenvalue weighted by Gasteiger charge is -2.07. The van der Waals surface area contributed by atoms with Crippen LogP contribution in [0.1, 0.15) is 30.2 Å². The molecule has 0 aliphatic carbocycles. The molecule has 1 heterocycles. The van der Waals surface area contributed by atoms with Crippen molar-refractivity contribution in [1.29, 1.82) is 0 Å². The third kappa shape index (κ3) is 2.96. The van der Waals surface area contributed by atoms with E-state index >= 15 is 0 Å². The second-order valence-corrected chi connectivity index (χ2v) is 5.26. The third-order valence-electron chi connectivity index (χ3n) is 2.66. The molecule has 0 bridgehead atoms. The van der Waals surface area contributed by atoms with Gasteiger partial charge in [0.25, 0.3) is 5.91 Å². The number of nitrogen functional groups attached to an aromatic ring is 1. The Morgan fingerprint density at radius 1 is 1.47 bits per heavy atom. The molecule has 6 heteroatoms. The number of hydrogen-bond donors (Lipinski definition) is 2. The molecular weight excluding hydrogens is 308 g/mol. The zero-order chi connectivity index (χ0) is 14.0. The molecule has 19 heavy (non-hydrogen) atoms. The predicted molar refractivity (Wildman–Crippen MR) is 79.1 cm³/mol. The fourth-order valence-corrected chi connectivity index (χ4v) is 2.05. The number of carbonyl (C=O) groups excluding carboxylic acids is 1. The van der Waals surface area contributed by atoms with Gasteiger partial charge in [0.2, 0.25) is 0 Å². The molecule has 100 valence electrons. The largest absolute Gasteiger partial charge is 0.398 e. The molecule has 0 fully saturated rings. The van der Waals surface area contributed by atoms with Gasteiger partial charge in [0.1, 0.15) is 0 Å². The Hall–Kier alpha value is -1.82. The average Bonchev–Trinajstić information content (AvgIpc) is 2.81. The topological polar surface area (TPSA) is 72.9 Å². The Bertz CT molecular complexity index is 606. The second kappa shape index (κ2) is 5.44. The first-order chi connectivity index (χ1) is 8.99. The fourth-order valence-electron chi connectivity index (χ4n) is 1.61. The molecule has 1 aromatic heterocycles. The van der Waals surface area contributed by atoms with Crippen molar-refractivity contribution in [2.45, 2.75) is 19.9 Å². The third-order valence-corrected chi connectivity index (χ3v) is 3.55. The van der Waals surface area contributed by atoms with Gasteiger partial charge >= 0.3 is 0 Å². The van der Waals surface area contributed by atoms with Gasteiger partial charge in [0, 0.05) is 17.9 Å². The summed E-state index contributed by atoms with van der Waals surface area (Å²) in [6.07, 6.45) is 3.42. The van der Waals surface area contributed by atoms with Gasteiger partial charge in [-0.2, -0.15) is 5.10 Å². The van der Waals surface area contributed by atoms with Crippen LogP contribution in [0.2, 0.25) is 0 Å². The number of nitrogens with zero attached hydrogens (tertiary/aromatic N) is 2. The highest BCUT2D eigenvalue weighted by molar-refractivity contribution is 9.10. The molecule has 0 aliphatic heterocycles. The van der Waals surface area contributed by atoms with E-state index in [9.17, 15) is 4.79 Å². The van der Waals surface area contributed by atoms with E-state index in [4.69, 9.17) is 5.73 Å². The molecule has 0 spiro atoms. The molecule has 0 aliphatic rings. The molecule has 0 saturated carbocycles. The van der Waals surface area contributed by atoms with Crippen LogP contribution in [0.25, 0.3) is 0 Å². The minimum absolute atomic E-state index is 0.220. The van der Waals surface area contributed by atoms with Crippen LogP contribution in [0.4, 0.5) is 11.4 Å². The molecule has 1 aromatic carbocycles. The number of rotatable bonds is 3. The summed E-state index contributed by atoms with van der Waals surface area (Å²) in [7, 11) is 0. The van der Waals surface area contributed by atoms with Crippen LogP contribution in [0.5, 0.6) is 0 Å². The first-order valence-corrected chi connectivity index (χ1v) is 6.68. The number of aromatic nitrogens is 2. The van der Waals surface area contributed by atoms with Crippen molar-refractivity contribution in [3.05, 3.63) is 40.6 Å².